The zero-order valence-corrected chi connectivity index (χ0v) is 15.1. The summed E-state index contributed by atoms with van der Waals surface area (Å²) in [6.07, 6.45) is 14.1. The Bertz CT molecular complexity index is 783. The largest absolute Gasteiger partial charge is 0.334 e. The Balaban J connectivity index is 1.36. The predicted octanol–water partition coefficient (Wildman–Crippen LogP) is 3.90. The molecule has 1 aromatic heterocycles. The van der Waals surface area contributed by atoms with E-state index in [4.69, 9.17) is 0 Å². The van der Waals surface area contributed by atoms with Crippen LogP contribution in [0.3, 0.4) is 0 Å². The minimum absolute atomic E-state index is 0.0584. The van der Waals surface area contributed by atoms with Gasteiger partial charge in [-0.05, 0) is 61.3 Å². The molecule has 136 valence electrons. The summed E-state index contributed by atoms with van der Waals surface area (Å²) in [7, 11) is 0. The number of aromatic nitrogens is 2. The van der Waals surface area contributed by atoms with Crippen LogP contribution in [0.4, 0.5) is 4.79 Å². The molecule has 1 N–H and O–H groups in total. The molecule has 1 aliphatic heterocycles. The van der Waals surface area contributed by atoms with Crippen LogP contribution in [-0.4, -0.2) is 33.8 Å². The third kappa shape index (κ3) is 3.66. The van der Waals surface area contributed by atoms with E-state index in [-0.39, 0.29) is 6.03 Å². The Morgan fingerprint density at radius 1 is 1.23 bits per heavy atom. The van der Waals surface area contributed by atoms with E-state index in [1.54, 1.807) is 6.20 Å². The first-order valence-corrected chi connectivity index (χ1v) is 9.51. The van der Waals surface area contributed by atoms with E-state index in [9.17, 15) is 4.79 Å². The second kappa shape index (κ2) is 7.36. The lowest BCUT2D eigenvalue weighted by molar-refractivity contribution is 0.0958. The maximum Gasteiger partial charge on any atom is 0.317 e. The van der Waals surface area contributed by atoms with Gasteiger partial charge in [-0.3, -0.25) is 0 Å². The first-order chi connectivity index (χ1) is 12.7. The van der Waals surface area contributed by atoms with E-state index in [2.05, 4.69) is 28.6 Å². The predicted molar refractivity (Wildman–Crippen MR) is 102 cm³/mol. The molecular weight excluding hydrogens is 324 g/mol. The zero-order valence-electron chi connectivity index (χ0n) is 15.1. The Morgan fingerprint density at radius 2 is 2.19 bits per heavy atom. The maximum absolute atomic E-state index is 12.7. The van der Waals surface area contributed by atoms with Crippen LogP contribution in [0.5, 0.6) is 0 Å². The van der Waals surface area contributed by atoms with Gasteiger partial charge in [0.25, 0.3) is 0 Å². The van der Waals surface area contributed by atoms with Crippen LogP contribution in [0, 0.1) is 5.41 Å². The molecule has 0 bridgehead atoms. The van der Waals surface area contributed by atoms with Crippen LogP contribution in [0.2, 0.25) is 0 Å². The number of piperidine rings is 1. The Hall–Kier alpha value is -2.56. The first kappa shape index (κ1) is 16.9. The fourth-order valence-electron chi connectivity index (χ4n) is 4.21. The molecule has 1 unspecified atom stereocenters. The van der Waals surface area contributed by atoms with Gasteiger partial charge in [0.05, 0.1) is 5.69 Å². The number of nitrogens with one attached hydrogen (secondary N) is 1. The van der Waals surface area contributed by atoms with Crippen LogP contribution in [0.15, 0.2) is 54.9 Å². The second-order valence-electron chi connectivity index (χ2n) is 7.52. The van der Waals surface area contributed by atoms with Gasteiger partial charge < -0.3 is 10.2 Å². The molecule has 1 saturated heterocycles. The second-order valence-corrected chi connectivity index (χ2v) is 7.52. The van der Waals surface area contributed by atoms with Crippen molar-refractivity contribution in [1.82, 2.24) is 20.0 Å². The molecule has 2 aromatic rings. The normalized spacial score (nSPS) is 22.5. The minimum atomic E-state index is 0.0584. The summed E-state index contributed by atoms with van der Waals surface area (Å²) in [6, 6.07) is 10.1. The quantitative estimate of drug-likeness (QED) is 0.854. The molecule has 0 saturated carbocycles. The third-order valence-electron chi connectivity index (χ3n) is 5.63. The van der Waals surface area contributed by atoms with Crippen molar-refractivity contribution in [3.05, 3.63) is 60.4 Å². The van der Waals surface area contributed by atoms with Crippen molar-refractivity contribution >= 4 is 6.03 Å². The van der Waals surface area contributed by atoms with Crippen molar-refractivity contribution in [2.75, 3.05) is 13.1 Å². The highest BCUT2D eigenvalue weighted by atomic mass is 16.2. The average molecular weight is 350 g/mol. The lowest BCUT2D eigenvalue weighted by atomic mass is 9.71. The number of allylic oxidation sites excluding steroid dienone is 2. The number of amides is 2. The first-order valence-electron chi connectivity index (χ1n) is 9.51. The van der Waals surface area contributed by atoms with Gasteiger partial charge in [0.2, 0.25) is 0 Å². The third-order valence-corrected chi connectivity index (χ3v) is 5.63. The molecule has 2 aliphatic rings. The number of carbonyl (C=O) groups is 1. The van der Waals surface area contributed by atoms with Gasteiger partial charge >= 0.3 is 6.03 Å². The Labute approximate surface area is 154 Å². The molecule has 1 fully saturated rings. The lowest BCUT2D eigenvalue weighted by Gasteiger charge is -2.43. The van der Waals surface area contributed by atoms with Crippen LogP contribution in [-0.2, 0) is 6.54 Å². The van der Waals surface area contributed by atoms with Crippen LogP contribution < -0.4 is 5.32 Å². The zero-order chi connectivity index (χ0) is 17.8. The molecule has 5 heteroatoms. The molecule has 26 heavy (non-hydrogen) atoms. The van der Waals surface area contributed by atoms with Gasteiger partial charge in [0, 0.05) is 32.0 Å². The molecule has 2 heterocycles. The van der Waals surface area contributed by atoms with Gasteiger partial charge in [0.15, 0.2) is 0 Å². The van der Waals surface area contributed by atoms with Crippen molar-refractivity contribution in [1.29, 1.82) is 0 Å². The smallest absolute Gasteiger partial charge is 0.317 e. The summed E-state index contributed by atoms with van der Waals surface area (Å²) in [5.41, 5.74) is 2.40. The summed E-state index contributed by atoms with van der Waals surface area (Å²) in [4.78, 5) is 14.7. The summed E-state index contributed by atoms with van der Waals surface area (Å²) in [6.45, 7) is 2.29. The Kier molecular flexibility index (Phi) is 4.78. The molecule has 4 rings (SSSR count). The fourth-order valence-corrected chi connectivity index (χ4v) is 4.21. The van der Waals surface area contributed by atoms with Gasteiger partial charge in [-0.2, -0.15) is 5.10 Å². The summed E-state index contributed by atoms with van der Waals surface area (Å²) in [5, 5.41) is 7.36. The Morgan fingerprint density at radius 3 is 3.00 bits per heavy atom. The highest BCUT2D eigenvalue weighted by Crippen LogP contribution is 2.40. The van der Waals surface area contributed by atoms with Crippen LogP contribution in [0.1, 0.15) is 37.7 Å². The number of hydrogen-bond acceptors (Lipinski definition) is 2. The molecule has 1 atom stereocenters. The highest BCUT2D eigenvalue weighted by Gasteiger charge is 2.36. The molecule has 1 aromatic carbocycles. The lowest BCUT2D eigenvalue weighted by Crippen LogP contribution is -2.49. The van der Waals surface area contributed by atoms with Gasteiger partial charge in [-0.1, -0.05) is 24.3 Å². The highest BCUT2D eigenvalue weighted by molar-refractivity contribution is 5.74. The minimum Gasteiger partial charge on any atom is -0.334 e. The van der Waals surface area contributed by atoms with E-state index >= 15 is 0 Å². The molecule has 0 radical (unpaired) electrons. The van der Waals surface area contributed by atoms with Crippen molar-refractivity contribution in [2.24, 2.45) is 5.41 Å². The number of likely N-dealkylation sites (tertiary alicyclic amines) is 1. The number of benzene rings is 1. The van der Waals surface area contributed by atoms with Crippen molar-refractivity contribution < 1.29 is 4.79 Å². The van der Waals surface area contributed by atoms with Crippen molar-refractivity contribution in [2.45, 2.75) is 38.6 Å². The monoisotopic (exact) mass is 350 g/mol. The van der Waals surface area contributed by atoms with E-state index < -0.39 is 0 Å². The van der Waals surface area contributed by atoms with Crippen molar-refractivity contribution in [3.63, 3.8) is 0 Å². The number of hydrogen-bond donors (Lipinski definition) is 1. The molecular formula is C21H26N4O. The maximum atomic E-state index is 12.7. The summed E-state index contributed by atoms with van der Waals surface area (Å²) in [5.74, 6) is 0. The number of nitrogens with zero attached hydrogens (tertiary/aromatic N) is 3. The standard InChI is InChI=1S/C21H26N4O/c26-20(24-13-5-11-21(17-24)9-2-1-3-10-21)22-16-18-7-4-8-19(15-18)25-14-6-12-23-25/h1-2,4,6-8,12,14-15H,3,5,9-11,13,16-17H2,(H,22,26). The number of carbonyl (C=O) groups excluding carboxylic acids is 1. The van der Waals surface area contributed by atoms with Crippen LogP contribution in [0.25, 0.3) is 5.69 Å². The molecule has 2 amide bonds. The summed E-state index contributed by atoms with van der Waals surface area (Å²) >= 11 is 0. The van der Waals surface area contributed by atoms with E-state index in [0.29, 0.717) is 12.0 Å². The molecule has 5 nitrogen and oxygen atoms in total. The SMILES string of the molecule is O=C(NCc1cccc(-n2cccn2)c1)N1CCCC2(CC=CCC2)C1. The van der Waals surface area contributed by atoms with Gasteiger partial charge in [0.1, 0.15) is 0 Å². The van der Waals surface area contributed by atoms with E-state index in [0.717, 1.165) is 43.6 Å². The number of urea groups is 1. The van der Waals surface area contributed by atoms with Gasteiger partial charge in [-0.25, -0.2) is 9.48 Å². The van der Waals surface area contributed by atoms with E-state index in [1.165, 1.54) is 12.8 Å². The molecule has 1 spiro atoms. The van der Waals surface area contributed by atoms with Crippen molar-refractivity contribution in [3.8, 4) is 5.69 Å². The van der Waals surface area contributed by atoms with Gasteiger partial charge in [-0.15, -0.1) is 0 Å². The fraction of sp³-hybridized carbons (Fsp3) is 0.429. The van der Waals surface area contributed by atoms with Crippen LogP contribution >= 0.6 is 0 Å². The topological polar surface area (TPSA) is 50.2 Å². The summed E-state index contributed by atoms with van der Waals surface area (Å²) < 4.78 is 1.83. The number of rotatable bonds is 3. The van der Waals surface area contributed by atoms with E-state index in [1.807, 2.05) is 40.0 Å². The average Bonchev–Trinajstić information content (AvgIpc) is 3.22. The molecule has 1 aliphatic carbocycles.